The van der Waals surface area contributed by atoms with Gasteiger partial charge in [0, 0.05) is 28.5 Å². The van der Waals surface area contributed by atoms with Gasteiger partial charge in [0.25, 0.3) is 0 Å². The minimum absolute atomic E-state index is 0.397. The molecule has 112 valence electrons. The van der Waals surface area contributed by atoms with Gasteiger partial charge in [-0.05, 0) is 55.1 Å². The quantitative estimate of drug-likeness (QED) is 0.809. The van der Waals surface area contributed by atoms with E-state index in [9.17, 15) is 0 Å². The molecule has 1 N–H and O–H groups in total. The van der Waals surface area contributed by atoms with E-state index < -0.39 is 0 Å². The fourth-order valence-electron chi connectivity index (χ4n) is 2.40. The first kappa shape index (κ1) is 16.3. The maximum atomic E-state index is 6.27. The predicted octanol–water partition coefficient (Wildman–Crippen LogP) is 4.54. The Morgan fingerprint density at radius 3 is 2.76 bits per heavy atom. The number of pyridine rings is 1. The number of rotatable bonds is 7. The van der Waals surface area contributed by atoms with Crippen LogP contribution in [0.2, 0.25) is 10.0 Å². The summed E-state index contributed by atoms with van der Waals surface area (Å²) in [6, 6.07) is 10.2. The van der Waals surface area contributed by atoms with Crippen LogP contribution in [-0.4, -0.2) is 17.6 Å². The second-order valence-electron chi connectivity index (χ2n) is 5.09. The number of hydrogen-bond donors (Lipinski definition) is 1. The molecular formula is C17H20Cl2N2. The van der Waals surface area contributed by atoms with Gasteiger partial charge in [-0.3, -0.25) is 4.98 Å². The molecule has 0 saturated carbocycles. The lowest BCUT2D eigenvalue weighted by molar-refractivity contribution is 0.491. The lowest BCUT2D eigenvalue weighted by Crippen LogP contribution is -2.31. The molecule has 0 amide bonds. The Balaban J connectivity index is 1.98. The summed E-state index contributed by atoms with van der Waals surface area (Å²) in [5.74, 6) is 0. The van der Waals surface area contributed by atoms with Crippen LogP contribution in [0.25, 0.3) is 0 Å². The van der Waals surface area contributed by atoms with Gasteiger partial charge in [0.2, 0.25) is 0 Å². The summed E-state index contributed by atoms with van der Waals surface area (Å²) in [6.45, 7) is 3.07. The van der Waals surface area contributed by atoms with Crippen molar-refractivity contribution < 1.29 is 0 Å². The minimum atomic E-state index is 0.397. The molecule has 0 fully saturated rings. The van der Waals surface area contributed by atoms with Gasteiger partial charge in [-0.15, -0.1) is 0 Å². The van der Waals surface area contributed by atoms with Crippen LogP contribution in [0.15, 0.2) is 42.7 Å². The zero-order chi connectivity index (χ0) is 15.1. The molecule has 4 heteroatoms. The number of aromatic nitrogens is 1. The van der Waals surface area contributed by atoms with Gasteiger partial charge in [0.15, 0.2) is 0 Å². The van der Waals surface area contributed by atoms with E-state index in [1.807, 2.05) is 30.5 Å². The van der Waals surface area contributed by atoms with Crippen LogP contribution >= 0.6 is 23.2 Å². The van der Waals surface area contributed by atoms with Crippen molar-refractivity contribution in [3.05, 3.63) is 63.9 Å². The Bertz CT molecular complexity index is 558. The van der Waals surface area contributed by atoms with Crippen LogP contribution in [-0.2, 0) is 12.8 Å². The summed E-state index contributed by atoms with van der Waals surface area (Å²) in [6.07, 6.45) is 6.70. The van der Waals surface area contributed by atoms with Crippen molar-refractivity contribution in [1.82, 2.24) is 10.3 Å². The minimum Gasteiger partial charge on any atom is -0.314 e. The molecule has 1 aromatic carbocycles. The average molecular weight is 323 g/mol. The number of nitrogens with zero attached hydrogens (tertiary/aromatic N) is 1. The molecular weight excluding hydrogens is 303 g/mol. The fraction of sp³-hybridized carbons (Fsp3) is 0.353. The van der Waals surface area contributed by atoms with Crippen molar-refractivity contribution in [2.75, 3.05) is 6.54 Å². The molecule has 1 unspecified atom stereocenters. The molecule has 0 saturated heterocycles. The number of aryl methyl sites for hydroxylation is 1. The summed E-state index contributed by atoms with van der Waals surface area (Å²) < 4.78 is 0. The molecule has 2 rings (SSSR count). The molecule has 0 bridgehead atoms. The maximum absolute atomic E-state index is 6.27. The Morgan fingerprint density at radius 1 is 1.24 bits per heavy atom. The van der Waals surface area contributed by atoms with Crippen LogP contribution in [0.4, 0.5) is 0 Å². The van der Waals surface area contributed by atoms with E-state index in [0.29, 0.717) is 11.1 Å². The van der Waals surface area contributed by atoms with Gasteiger partial charge in [-0.1, -0.05) is 42.3 Å². The highest BCUT2D eigenvalue weighted by molar-refractivity contribution is 6.35. The number of nitrogens with one attached hydrogen (secondary N) is 1. The smallest absolute Gasteiger partial charge is 0.0453 e. The van der Waals surface area contributed by atoms with Gasteiger partial charge in [-0.2, -0.15) is 0 Å². The monoisotopic (exact) mass is 322 g/mol. The number of hydrogen-bond acceptors (Lipinski definition) is 2. The molecule has 1 aromatic heterocycles. The largest absolute Gasteiger partial charge is 0.314 e. The van der Waals surface area contributed by atoms with E-state index in [-0.39, 0.29) is 0 Å². The Hall–Kier alpha value is -1.09. The molecule has 1 heterocycles. The molecule has 1 atom stereocenters. The molecule has 0 aliphatic heterocycles. The third-order valence-corrected chi connectivity index (χ3v) is 4.07. The van der Waals surface area contributed by atoms with Crippen molar-refractivity contribution in [2.24, 2.45) is 0 Å². The van der Waals surface area contributed by atoms with Crippen molar-refractivity contribution in [3.63, 3.8) is 0 Å². The standard InChI is InChI=1S/C17H20Cl2N2/c1-2-21-16(8-5-13-4-3-9-20-12-13)10-14-6-7-15(18)11-17(14)19/h3-4,6-7,9,11-12,16,21H,2,5,8,10H2,1H3. The Kier molecular flexibility index (Phi) is 6.50. The fourth-order valence-corrected chi connectivity index (χ4v) is 2.89. The maximum Gasteiger partial charge on any atom is 0.0453 e. The van der Waals surface area contributed by atoms with Crippen LogP contribution in [0, 0.1) is 0 Å². The van der Waals surface area contributed by atoms with E-state index in [1.165, 1.54) is 5.56 Å². The molecule has 0 radical (unpaired) electrons. The summed E-state index contributed by atoms with van der Waals surface area (Å²) in [7, 11) is 0. The summed E-state index contributed by atoms with van der Waals surface area (Å²) in [5.41, 5.74) is 2.40. The molecule has 0 aliphatic carbocycles. The third kappa shape index (κ3) is 5.31. The second kappa shape index (κ2) is 8.38. The topological polar surface area (TPSA) is 24.9 Å². The Morgan fingerprint density at radius 2 is 2.10 bits per heavy atom. The van der Waals surface area contributed by atoms with Gasteiger partial charge in [-0.25, -0.2) is 0 Å². The first-order valence-corrected chi connectivity index (χ1v) is 8.01. The summed E-state index contributed by atoms with van der Waals surface area (Å²) in [5, 5.41) is 4.95. The number of benzene rings is 1. The van der Waals surface area contributed by atoms with Crippen LogP contribution in [0.3, 0.4) is 0 Å². The van der Waals surface area contributed by atoms with Crippen LogP contribution in [0.1, 0.15) is 24.5 Å². The Labute approximate surface area is 136 Å². The zero-order valence-corrected chi connectivity index (χ0v) is 13.7. The first-order valence-electron chi connectivity index (χ1n) is 7.25. The van der Waals surface area contributed by atoms with Crippen LogP contribution in [0.5, 0.6) is 0 Å². The van der Waals surface area contributed by atoms with Gasteiger partial charge in [0.05, 0.1) is 0 Å². The molecule has 2 nitrogen and oxygen atoms in total. The predicted molar refractivity (Wildman–Crippen MR) is 90.2 cm³/mol. The lowest BCUT2D eigenvalue weighted by Gasteiger charge is -2.18. The highest BCUT2D eigenvalue weighted by atomic mass is 35.5. The highest BCUT2D eigenvalue weighted by Crippen LogP contribution is 2.23. The van der Waals surface area contributed by atoms with E-state index in [1.54, 1.807) is 6.20 Å². The first-order chi connectivity index (χ1) is 10.2. The normalized spacial score (nSPS) is 12.3. The lowest BCUT2D eigenvalue weighted by atomic mass is 9.99. The van der Waals surface area contributed by atoms with E-state index in [4.69, 9.17) is 23.2 Å². The van der Waals surface area contributed by atoms with E-state index in [0.717, 1.165) is 36.4 Å². The van der Waals surface area contributed by atoms with Crippen LogP contribution < -0.4 is 5.32 Å². The molecule has 0 aliphatic rings. The van der Waals surface area contributed by atoms with Crippen molar-refractivity contribution in [3.8, 4) is 0 Å². The number of halogens is 2. The SMILES string of the molecule is CCNC(CCc1cccnc1)Cc1ccc(Cl)cc1Cl. The van der Waals surface area contributed by atoms with Crippen molar-refractivity contribution >= 4 is 23.2 Å². The zero-order valence-electron chi connectivity index (χ0n) is 12.2. The molecule has 0 spiro atoms. The molecule has 2 aromatic rings. The average Bonchev–Trinajstić information content (AvgIpc) is 2.49. The third-order valence-electron chi connectivity index (χ3n) is 3.48. The van der Waals surface area contributed by atoms with Gasteiger partial charge >= 0.3 is 0 Å². The van der Waals surface area contributed by atoms with E-state index >= 15 is 0 Å². The van der Waals surface area contributed by atoms with Crippen molar-refractivity contribution in [1.29, 1.82) is 0 Å². The molecule has 21 heavy (non-hydrogen) atoms. The van der Waals surface area contributed by atoms with Gasteiger partial charge < -0.3 is 5.32 Å². The summed E-state index contributed by atoms with van der Waals surface area (Å²) >= 11 is 12.2. The summed E-state index contributed by atoms with van der Waals surface area (Å²) in [4.78, 5) is 4.16. The number of likely N-dealkylation sites (N-methyl/N-ethyl adjacent to an activating group) is 1. The van der Waals surface area contributed by atoms with E-state index in [2.05, 4.69) is 23.3 Å². The second-order valence-corrected chi connectivity index (χ2v) is 5.94. The highest BCUT2D eigenvalue weighted by Gasteiger charge is 2.11. The van der Waals surface area contributed by atoms with Crippen molar-refractivity contribution in [2.45, 2.75) is 32.2 Å². The van der Waals surface area contributed by atoms with Gasteiger partial charge in [0.1, 0.15) is 0 Å².